The third-order valence-corrected chi connectivity index (χ3v) is 6.30. The molecule has 3 aromatic carbocycles. The van der Waals surface area contributed by atoms with Crippen LogP contribution in [0.3, 0.4) is 0 Å². The number of carbonyl (C=O) groups is 2. The van der Waals surface area contributed by atoms with Crippen molar-refractivity contribution in [2.24, 2.45) is 0 Å². The number of amides is 2. The minimum absolute atomic E-state index is 0.265. The smallest absolute Gasteiger partial charge is 0.276 e. The largest absolute Gasteiger partial charge is 0.493 e. The van der Waals surface area contributed by atoms with Crippen molar-refractivity contribution in [1.82, 2.24) is 10.9 Å². The Labute approximate surface area is 211 Å². The van der Waals surface area contributed by atoms with Gasteiger partial charge >= 0.3 is 0 Å². The molecular weight excluding hydrogens is 608 g/mol. The van der Waals surface area contributed by atoms with Gasteiger partial charge in [-0.1, -0.05) is 57.3 Å². The van der Waals surface area contributed by atoms with Crippen molar-refractivity contribution in [2.45, 2.75) is 19.8 Å². The SMILES string of the molecule is CCCCOc1ccc(Br)cc1C(=O)NNC(=O)COc1ccc2cc(Br)ccc2c1Br. The number of nitrogens with one attached hydrogen (secondary N) is 2. The lowest BCUT2D eigenvalue weighted by molar-refractivity contribution is -0.123. The van der Waals surface area contributed by atoms with Gasteiger partial charge in [-0.3, -0.25) is 20.4 Å². The van der Waals surface area contributed by atoms with Crippen molar-refractivity contribution in [3.8, 4) is 11.5 Å². The highest BCUT2D eigenvalue weighted by Crippen LogP contribution is 2.34. The van der Waals surface area contributed by atoms with E-state index in [1.807, 2.05) is 24.3 Å². The molecule has 32 heavy (non-hydrogen) atoms. The van der Waals surface area contributed by atoms with Gasteiger partial charge in [0.15, 0.2) is 6.61 Å². The van der Waals surface area contributed by atoms with Crippen LogP contribution in [0.1, 0.15) is 30.1 Å². The molecule has 0 saturated carbocycles. The second-order valence-electron chi connectivity index (χ2n) is 6.88. The molecule has 0 aromatic heterocycles. The maximum atomic E-state index is 12.6. The van der Waals surface area contributed by atoms with Crippen LogP contribution in [-0.2, 0) is 4.79 Å². The molecule has 0 radical (unpaired) electrons. The summed E-state index contributed by atoms with van der Waals surface area (Å²) in [6.07, 6.45) is 1.87. The molecule has 0 aliphatic carbocycles. The van der Waals surface area contributed by atoms with E-state index in [-0.39, 0.29) is 6.61 Å². The number of hydrazine groups is 1. The fourth-order valence-electron chi connectivity index (χ4n) is 2.86. The molecule has 2 amide bonds. The summed E-state index contributed by atoms with van der Waals surface area (Å²) in [6.45, 7) is 2.31. The molecular formula is C23H21Br3N2O4. The van der Waals surface area contributed by atoms with Crippen LogP contribution in [0.4, 0.5) is 0 Å². The van der Waals surface area contributed by atoms with Gasteiger partial charge in [0.1, 0.15) is 11.5 Å². The first-order valence-electron chi connectivity index (χ1n) is 9.91. The summed E-state index contributed by atoms with van der Waals surface area (Å²) in [4.78, 5) is 24.8. The topological polar surface area (TPSA) is 76.7 Å². The van der Waals surface area contributed by atoms with E-state index in [9.17, 15) is 9.59 Å². The maximum Gasteiger partial charge on any atom is 0.276 e. The summed E-state index contributed by atoms with van der Waals surface area (Å²) in [6, 6.07) is 14.7. The van der Waals surface area contributed by atoms with Gasteiger partial charge in [0.05, 0.1) is 16.6 Å². The second-order valence-corrected chi connectivity index (χ2v) is 9.50. The lowest BCUT2D eigenvalue weighted by Crippen LogP contribution is -2.44. The number of hydrogen-bond donors (Lipinski definition) is 2. The molecule has 0 bridgehead atoms. The van der Waals surface area contributed by atoms with Crippen molar-refractivity contribution in [2.75, 3.05) is 13.2 Å². The first-order valence-corrected chi connectivity index (χ1v) is 12.3. The highest BCUT2D eigenvalue weighted by molar-refractivity contribution is 9.11. The Morgan fingerprint density at radius 3 is 2.38 bits per heavy atom. The Morgan fingerprint density at radius 1 is 0.875 bits per heavy atom. The van der Waals surface area contributed by atoms with Gasteiger partial charge in [-0.05, 0) is 69.5 Å². The van der Waals surface area contributed by atoms with Crippen molar-refractivity contribution < 1.29 is 19.1 Å². The highest BCUT2D eigenvalue weighted by atomic mass is 79.9. The lowest BCUT2D eigenvalue weighted by Gasteiger charge is -2.13. The Hall–Kier alpha value is -2.10. The summed E-state index contributed by atoms with van der Waals surface area (Å²) >= 11 is 10.3. The van der Waals surface area contributed by atoms with E-state index in [1.165, 1.54) is 0 Å². The third kappa shape index (κ3) is 6.46. The summed E-state index contributed by atoms with van der Waals surface area (Å²) in [5.74, 6) is 0.00416. The molecule has 168 valence electrons. The molecule has 2 N–H and O–H groups in total. The van der Waals surface area contributed by atoms with Gasteiger partial charge < -0.3 is 9.47 Å². The van der Waals surface area contributed by atoms with E-state index >= 15 is 0 Å². The number of hydrogen-bond acceptors (Lipinski definition) is 4. The van der Waals surface area contributed by atoms with E-state index in [2.05, 4.69) is 65.6 Å². The van der Waals surface area contributed by atoms with Crippen LogP contribution >= 0.6 is 47.8 Å². The lowest BCUT2D eigenvalue weighted by atomic mass is 10.1. The summed E-state index contributed by atoms with van der Waals surface area (Å²) in [5.41, 5.74) is 5.10. The number of halogens is 3. The number of ether oxygens (including phenoxy) is 2. The summed E-state index contributed by atoms with van der Waals surface area (Å²) < 4.78 is 13.8. The summed E-state index contributed by atoms with van der Waals surface area (Å²) in [5, 5.41) is 1.99. The van der Waals surface area contributed by atoms with E-state index in [0.717, 1.165) is 37.0 Å². The average Bonchev–Trinajstić information content (AvgIpc) is 2.78. The van der Waals surface area contributed by atoms with Crippen LogP contribution < -0.4 is 20.3 Å². The highest BCUT2D eigenvalue weighted by Gasteiger charge is 2.15. The van der Waals surface area contributed by atoms with Gasteiger partial charge in [-0.25, -0.2) is 0 Å². The molecule has 0 fully saturated rings. The van der Waals surface area contributed by atoms with Crippen LogP contribution in [-0.4, -0.2) is 25.0 Å². The zero-order valence-corrected chi connectivity index (χ0v) is 22.0. The van der Waals surface area contributed by atoms with Gasteiger partial charge in [0.2, 0.25) is 0 Å². The molecule has 9 heteroatoms. The maximum absolute atomic E-state index is 12.6. The predicted molar refractivity (Wildman–Crippen MR) is 135 cm³/mol. The van der Waals surface area contributed by atoms with Crippen molar-refractivity contribution in [3.05, 3.63) is 67.5 Å². The molecule has 3 aromatic rings. The zero-order chi connectivity index (χ0) is 23.1. The third-order valence-electron chi connectivity index (χ3n) is 4.50. The van der Waals surface area contributed by atoms with Crippen LogP contribution in [0.5, 0.6) is 11.5 Å². The minimum atomic E-state index is -0.496. The van der Waals surface area contributed by atoms with E-state index < -0.39 is 11.8 Å². The first kappa shape index (κ1) is 24.5. The normalized spacial score (nSPS) is 10.6. The molecule has 0 unspecified atom stereocenters. The van der Waals surface area contributed by atoms with Crippen molar-refractivity contribution in [1.29, 1.82) is 0 Å². The fourth-order valence-corrected chi connectivity index (χ4v) is 4.21. The number of rotatable bonds is 8. The van der Waals surface area contributed by atoms with Crippen molar-refractivity contribution >= 4 is 70.4 Å². The first-order chi connectivity index (χ1) is 15.4. The molecule has 0 spiro atoms. The number of unbranched alkanes of at least 4 members (excludes halogenated alkanes) is 1. The number of fused-ring (bicyclic) bond motifs is 1. The van der Waals surface area contributed by atoms with E-state index in [4.69, 9.17) is 9.47 Å². The Morgan fingerprint density at radius 2 is 1.59 bits per heavy atom. The zero-order valence-electron chi connectivity index (χ0n) is 17.2. The fraction of sp³-hybridized carbons (Fsp3) is 0.217. The van der Waals surface area contributed by atoms with Gasteiger partial charge in [0, 0.05) is 8.95 Å². The molecule has 0 heterocycles. The van der Waals surface area contributed by atoms with Gasteiger partial charge in [-0.15, -0.1) is 0 Å². The van der Waals surface area contributed by atoms with Crippen LogP contribution in [0.15, 0.2) is 61.9 Å². The predicted octanol–water partition coefficient (Wildman–Crippen LogP) is 6.15. The Balaban J connectivity index is 1.58. The van der Waals surface area contributed by atoms with Crippen LogP contribution in [0.2, 0.25) is 0 Å². The quantitative estimate of drug-likeness (QED) is 0.232. The number of carbonyl (C=O) groups excluding carboxylic acids is 2. The van der Waals surface area contributed by atoms with E-state index in [0.29, 0.717) is 23.7 Å². The monoisotopic (exact) mass is 626 g/mol. The van der Waals surface area contributed by atoms with Crippen molar-refractivity contribution in [3.63, 3.8) is 0 Å². The Bertz CT molecular complexity index is 1140. The molecule has 6 nitrogen and oxygen atoms in total. The van der Waals surface area contributed by atoms with Crippen LogP contribution in [0, 0.1) is 0 Å². The number of benzene rings is 3. The summed E-state index contributed by atoms with van der Waals surface area (Å²) in [7, 11) is 0. The Kier molecular flexibility index (Phi) is 8.95. The van der Waals surface area contributed by atoms with Crippen LogP contribution in [0.25, 0.3) is 10.8 Å². The molecule has 3 rings (SSSR count). The molecule has 0 aliphatic heterocycles. The average molecular weight is 629 g/mol. The minimum Gasteiger partial charge on any atom is -0.493 e. The standard InChI is InChI=1S/C23H21Br3N2O4/c1-2-3-10-31-19-9-6-16(25)12-18(19)23(30)28-27-21(29)13-32-20-8-4-14-11-15(24)5-7-17(14)22(20)26/h4-9,11-12H,2-3,10,13H2,1H3,(H,27,29)(H,28,30). The second kappa shape index (κ2) is 11.7. The van der Waals surface area contributed by atoms with Gasteiger partial charge in [0.25, 0.3) is 11.8 Å². The van der Waals surface area contributed by atoms with Gasteiger partial charge in [-0.2, -0.15) is 0 Å². The molecule has 0 aliphatic rings. The van der Waals surface area contributed by atoms with E-state index in [1.54, 1.807) is 24.3 Å². The molecule has 0 atom stereocenters. The molecule has 0 saturated heterocycles.